The lowest BCUT2D eigenvalue weighted by Crippen LogP contribution is -2.34. The first-order chi connectivity index (χ1) is 10.7. The molecule has 6 heteroatoms. The maximum Gasteiger partial charge on any atom is 0.301 e. The summed E-state index contributed by atoms with van der Waals surface area (Å²) in [6, 6.07) is 10.3. The number of fused-ring (bicyclic) bond motifs is 1. The first-order valence-corrected chi connectivity index (χ1v) is 8.20. The topological polar surface area (TPSA) is 64.4 Å². The zero-order valence-electron chi connectivity index (χ0n) is 12.3. The molecule has 0 bridgehead atoms. The van der Waals surface area contributed by atoms with Crippen molar-refractivity contribution in [1.29, 1.82) is 0 Å². The van der Waals surface area contributed by atoms with Gasteiger partial charge in [-0.05, 0) is 18.6 Å². The molecule has 3 rings (SSSR count). The van der Waals surface area contributed by atoms with Crippen molar-refractivity contribution in [2.24, 2.45) is 0 Å². The van der Waals surface area contributed by atoms with Crippen LogP contribution in [0.2, 0.25) is 0 Å². The molecule has 22 heavy (non-hydrogen) atoms. The number of benzene rings is 1. The summed E-state index contributed by atoms with van der Waals surface area (Å²) in [5.74, 6) is 0. The van der Waals surface area contributed by atoms with Crippen LogP contribution in [0.3, 0.4) is 0 Å². The molecular formula is C16H18N2O3S. The van der Waals surface area contributed by atoms with Crippen LogP contribution in [-0.2, 0) is 6.42 Å². The zero-order valence-corrected chi connectivity index (χ0v) is 13.1. The highest BCUT2D eigenvalue weighted by molar-refractivity contribution is 7.99. The third-order valence-corrected chi connectivity index (χ3v) is 4.87. The van der Waals surface area contributed by atoms with Gasteiger partial charge in [-0.2, -0.15) is 4.98 Å². The fourth-order valence-corrected chi connectivity index (χ4v) is 3.64. The molecule has 5 nitrogen and oxygen atoms in total. The smallest absolute Gasteiger partial charge is 0.301 e. The van der Waals surface area contributed by atoms with Crippen LogP contribution in [0, 0.1) is 0 Å². The van der Waals surface area contributed by atoms with Crippen molar-refractivity contribution in [2.45, 2.75) is 36.1 Å². The highest BCUT2D eigenvalue weighted by Crippen LogP contribution is 2.39. The fraction of sp³-hybridized carbons (Fsp3) is 0.375. The predicted octanol–water partition coefficient (Wildman–Crippen LogP) is 2.24. The van der Waals surface area contributed by atoms with Gasteiger partial charge in [-0.25, -0.2) is 0 Å². The van der Waals surface area contributed by atoms with E-state index in [1.54, 1.807) is 11.8 Å². The maximum absolute atomic E-state index is 11.9. The molecule has 0 amide bonds. The van der Waals surface area contributed by atoms with Crippen LogP contribution in [0.4, 0.5) is 0 Å². The van der Waals surface area contributed by atoms with Crippen molar-refractivity contribution in [2.75, 3.05) is 6.61 Å². The van der Waals surface area contributed by atoms with Gasteiger partial charge in [0.2, 0.25) is 0 Å². The lowest BCUT2D eigenvalue weighted by Gasteiger charge is -2.32. The molecule has 2 aromatic rings. The standard InChI is InChI=1S/C16H18N2O3S/c1-2-11-9-18-14(22-13-6-4-3-5-7-13)8-12(10-19)21-16(18)17-15(11)20/h3-7,9,12,14,19H,2,8,10H2,1H3/t12-,14?/m1/s1. The molecule has 0 saturated carbocycles. The van der Waals surface area contributed by atoms with Crippen LogP contribution in [0.15, 0.2) is 46.2 Å². The molecular weight excluding hydrogens is 300 g/mol. The average molecular weight is 318 g/mol. The maximum atomic E-state index is 11.9. The summed E-state index contributed by atoms with van der Waals surface area (Å²) in [4.78, 5) is 17.1. The number of nitrogens with zero attached hydrogens (tertiary/aromatic N) is 2. The number of hydrogen-bond donors (Lipinski definition) is 1. The molecule has 0 spiro atoms. The van der Waals surface area contributed by atoms with E-state index in [0.717, 1.165) is 4.90 Å². The van der Waals surface area contributed by atoms with Crippen LogP contribution >= 0.6 is 11.8 Å². The SMILES string of the molecule is CCc1cn2c(nc1=O)O[C@@H](CO)CC2Sc1ccccc1. The molecule has 1 aromatic heterocycles. The number of ether oxygens (including phenoxy) is 1. The molecule has 0 saturated heterocycles. The Morgan fingerprint density at radius 3 is 2.86 bits per heavy atom. The van der Waals surface area contributed by atoms with Gasteiger partial charge in [-0.15, -0.1) is 11.8 Å². The quantitative estimate of drug-likeness (QED) is 0.936. The second kappa shape index (κ2) is 6.54. The highest BCUT2D eigenvalue weighted by Gasteiger charge is 2.29. The number of aliphatic hydroxyl groups is 1. The van der Waals surface area contributed by atoms with Gasteiger partial charge in [0.05, 0.1) is 12.0 Å². The van der Waals surface area contributed by atoms with Crippen LogP contribution in [0.25, 0.3) is 0 Å². The van der Waals surface area contributed by atoms with E-state index in [4.69, 9.17) is 4.74 Å². The first kappa shape index (κ1) is 15.1. The van der Waals surface area contributed by atoms with E-state index in [-0.39, 0.29) is 23.6 Å². The van der Waals surface area contributed by atoms with Gasteiger partial charge in [0.1, 0.15) is 6.10 Å². The Balaban J connectivity index is 1.98. The molecule has 1 N–H and O–H groups in total. The molecule has 0 aliphatic carbocycles. The lowest BCUT2D eigenvalue weighted by molar-refractivity contribution is 0.0679. The van der Waals surface area contributed by atoms with Gasteiger partial charge in [0.15, 0.2) is 0 Å². The number of hydrogen-bond acceptors (Lipinski definition) is 5. The Morgan fingerprint density at radius 1 is 1.41 bits per heavy atom. The van der Waals surface area contributed by atoms with Gasteiger partial charge in [-0.1, -0.05) is 25.1 Å². The van der Waals surface area contributed by atoms with Gasteiger partial charge in [-0.3, -0.25) is 9.36 Å². The second-order valence-electron chi connectivity index (χ2n) is 5.16. The number of rotatable bonds is 4. The molecule has 2 atom stereocenters. The Labute approximate surface area is 133 Å². The fourth-order valence-electron chi connectivity index (χ4n) is 2.44. The van der Waals surface area contributed by atoms with E-state index in [0.29, 0.717) is 24.4 Å². The normalized spacial score (nSPS) is 20.3. The van der Waals surface area contributed by atoms with E-state index >= 15 is 0 Å². The Bertz CT molecular complexity index is 702. The summed E-state index contributed by atoms with van der Waals surface area (Å²) in [6.07, 6.45) is 2.80. The van der Waals surface area contributed by atoms with Crippen LogP contribution in [-0.4, -0.2) is 27.4 Å². The van der Waals surface area contributed by atoms with Gasteiger partial charge in [0, 0.05) is 23.1 Å². The molecule has 116 valence electrons. The van der Waals surface area contributed by atoms with E-state index in [1.807, 2.05) is 48.0 Å². The van der Waals surface area contributed by atoms with E-state index in [1.165, 1.54) is 0 Å². The Morgan fingerprint density at radius 2 is 2.18 bits per heavy atom. The van der Waals surface area contributed by atoms with Gasteiger partial charge >= 0.3 is 6.01 Å². The van der Waals surface area contributed by atoms with Crippen LogP contribution in [0.5, 0.6) is 6.01 Å². The molecule has 1 aromatic carbocycles. The minimum absolute atomic E-state index is 0.0432. The van der Waals surface area contributed by atoms with E-state index < -0.39 is 0 Å². The largest absolute Gasteiger partial charge is 0.459 e. The Hall–Kier alpha value is -1.79. The molecule has 1 aliphatic rings. The summed E-state index contributed by atoms with van der Waals surface area (Å²) < 4.78 is 7.52. The molecule has 1 unspecified atom stereocenters. The van der Waals surface area contributed by atoms with Gasteiger partial charge < -0.3 is 9.84 Å². The predicted molar refractivity (Wildman–Crippen MR) is 85.3 cm³/mol. The summed E-state index contributed by atoms with van der Waals surface area (Å²) in [5.41, 5.74) is 0.421. The third kappa shape index (κ3) is 3.03. The first-order valence-electron chi connectivity index (χ1n) is 7.32. The van der Waals surface area contributed by atoms with E-state index in [9.17, 15) is 9.90 Å². The Kier molecular flexibility index (Phi) is 4.49. The molecule has 2 heterocycles. The van der Waals surface area contributed by atoms with Crippen molar-refractivity contribution in [3.05, 3.63) is 52.4 Å². The van der Waals surface area contributed by atoms with Gasteiger partial charge in [0.25, 0.3) is 5.56 Å². The number of aromatic nitrogens is 2. The summed E-state index contributed by atoms with van der Waals surface area (Å²) in [5, 5.41) is 9.46. The van der Waals surface area contributed by atoms with Crippen molar-refractivity contribution in [3.63, 3.8) is 0 Å². The average Bonchev–Trinajstić information content (AvgIpc) is 2.55. The number of aliphatic hydroxyl groups excluding tert-OH is 1. The minimum Gasteiger partial charge on any atom is -0.459 e. The zero-order chi connectivity index (χ0) is 15.5. The molecule has 0 fully saturated rings. The summed E-state index contributed by atoms with van der Waals surface area (Å²) in [6.45, 7) is 1.85. The summed E-state index contributed by atoms with van der Waals surface area (Å²) >= 11 is 1.68. The monoisotopic (exact) mass is 318 g/mol. The molecule has 1 aliphatic heterocycles. The lowest BCUT2D eigenvalue weighted by atomic mass is 10.2. The third-order valence-electron chi connectivity index (χ3n) is 3.63. The molecule has 0 radical (unpaired) electrons. The van der Waals surface area contributed by atoms with Crippen LogP contribution < -0.4 is 10.3 Å². The van der Waals surface area contributed by atoms with Crippen molar-refractivity contribution in [1.82, 2.24) is 9.55 Å². The van der Waals surface area contributed by atoms with Crippen molar-refractivity contribution >= 4 is 11.8 Å². The van der Waals surface area contributed by atoms with Crippen molar-refractivity contribution < 1.29 is 9.84 Å². The van der Waals surface area contributed by atoms with Crippen molar-refractivity contribution in [3.8, 4) is 6.01 Å². The highest BCUT2D eigenvalue weighted by atomic mass is 32.2. The van der Waals surface area contributed by atoms with Crippen LogP contribution in [0.1, 0.15) is 24.3 Å². The number of aryl methyl sites for hydroxylation is 1. The second-order valence-corrected chi connectivity index (χ2v) is 6.41. The minimum atomic E-state index is -0.333. The summed E-state index contributed by atoms with van der Waals surface area (Å²) in [7, 11) is 0. The number of thioether (sulfide) groups is 1. The van der Waals surface area contributed by atoms with E-state index in [2.05, 4.69) is 4.98 Å².